The van der Waals surface area contributed by atoms with Gasteiger partial charge in [0.25, 0.3) is 0 Å². The van der Waals surface area contributed by atoms with Gasteiger partial charge in [0.05, 0.1) is 23.4 Å². The van der Waals surface area contributed by atoms with Crippen LogP contribution in [0, 0.1) is 0 Å². The number of hydrogen-bond acceptors (Lipinski definition) is 3. The third-order valence-corrected chi connectivity index (χ3v) is 3.75. The Morgan fingerprint density at radius 3 is 2.40 bits per heavy atom. The number of pyridine rings is 1. The summed E-state index contributed by atoms with van der Waals surface area (Å²) in [5.74, 6) is -0.517. The molecule has 25 heavy (non-hydrogen) atoms. The molecule has 1 aromatic heterocycles. The highest BCUT2D eigenvalue weighted by molar-refractivity contribution is 5.92. The summed E-state index contributed by atoms with van der Waals surface area (Å²) in [6, 6.07) is 12.0. The molecule has 0 aliphatic carbocycles. The van der Waals surface area contributed by atoms with Crippen molar-refractivity contribution in [1.82, 2.24) is 4.98 Å². The summed E-state index contributed by atoms with van der Waals surface area (Å²) in [4.78, 5) is 15.7. The van der Waals surface area contributed by atoms with Gasteiger partial charge in [-0.25, -0.2) is 4.79 Å². The van der Waals surface area contributed by atoms with Gasteiger partial charge in [-0.15, -0.1) is 0 Å². The Labute approximate surface area is 142 Å². The van der Waals surface area contributed by atoms with Crippen LogP contribution in [0.3, 0.4) is 0 Å². The first-order chi connectivity index (χ1) is 11.9. The summed E-state index contributed by atoms with van der Waals surface area (Å²) in [7, 11) is 0. The summed E-state index contributed by atoms with van der Waals surface area (Å²) in [5.41, 5.74) is -0.387. The Balaban J connectivity index is 2.14. The molecule has 0 fully saturated rings. The lowest BCUT2D eigenvalue weighted by Crippen LogP contribution is -2.10. The van der Waals surface area contributed by atoms with Crippen molar-refractivity contribution < 1.29 is 22.7 Å². The monoisotopic (exact) mass is 345 g/mol. The molecule has 0 radical (unpaired) electrons. The van der Waals surface area contributed by atoms with Crippen LogP contribution in [0.1, 0.15) is 22.8 Å². The van der Waals surface area contributed by atoms with Crippen LogP contribution in [0.5, 0.6) is 0 Å². The second-order valence-electron chi connectivity index (χ2n) is 5.36. The van der Waals surface area contributed by atoms with Crippen LogP contribution in [0.4, 0.5) is 13.2 Å². The van der Waals surface area contributed by atoms with Crippen molar-refractivity contribution in [3.8, 4) is 11.3 Å². The Morgan fingerprint density at radius 1 is 1.08 bits per heavy atom. The van der Waals surface area contributed by atoms with E-state index in [0.717, 1.165) is 0 Å². The third kappa shape index (κ3) is 3.33. The van der Waals surface area contributed by atoms with Gasteiger partial charge in [0.1, 0.15) is 0 Å². The van der Waals surface area contributed by atoms with Crippen molar-refractivity contribution in [2.45, 2.75) is 13.1 Å². The van der Waals surface area contributed by atoms with Gasteiger partial charge in [-0.05, 0) is 24.4 Å². The average Bonchev–Trinajstić information content (AvgIpc) is 2.60. The highest BCUT2D eigenvalue weighted by Gasteiger charge is 2.36. The molecule has 0 saturated heterocycles. The Kier molecular flexibility index (Phi) is 4.44. The van der Waals surface area contributed by atoms with Gasteiger partial charge >= 0.3 is 12.1 Å². The van der Waals surface area contributed by atoms with E-state index in [0.29, 0.717) is 5.39 Å². The lowest BCUT2D eigenvalue weighted by molar-refractivity contribution is -0.136. The quantitative estimate of drug-likeness (QED) is 0.620. The molecule has 3 nitrogen and oxygen atoms in total. The van der Waals surface area contributed by atoms with Crippen molar-refractivity contribution in [3.05, 3.63) is 65.9 Å². The third-order valence-electron chi connectivity index (χ3n) is 3.75. The van der Waals surface area contributed by atoms with Crippen LogP contribution in [0.2, 0.25) is 0 Å². The summed E-state index contributed by atoms with van der Waals surface area (Å²) >= 11 is 0. The van der Waals surface area contributed by atoms with Crippen LogP contribution in [-0.4, -0.2) is 17.6 Å². The molecule has 0 aliphatic rings. The van der Waals surface area contributed by atoms with Crippen LogP contribution in [0.25, 0.3) is 22.0 Å². The zero-order chi connectivity index (χ0) is 18.0. The van der Waals surface area contributed by atoms with E-state index >= 15 is 0 Å². The van der Waals surface area contributed by atoms with E-state index in [1.165, 1.54) is 36.5 Å². The molecule has 0 amide bonds. The minimum Gasteiger partial charge on any atom is -0.462 e. The van der Waals surface area contributed by atoms with E-state index in [4.69, 9.17) is 4.74 Å². The fourth-order valence-electron chi connectivity index (χ4n) is 2.65. The number of rotatable bonds is 3. The summed E-state index contributed by atoms with van der Waals surface area (Å²) < 4.78 is 45.8. The molecule has 0 N–H and O–H groups in total. The van der Waals surface area contributed by atoms with Gasteiger partial charge in [0.15, 0.2) is 0 Å². The number of esters is 1. The van der Waals surface area contributed by atoms with Gasteiger partial charge in [-0.1, -0.05) is 36.4 Å². The number of carbonyl (C=O) groups excluding carboxylic acids is 1. The predicted molar refractivity (Wildman–Crippen MR) is 88.1 cm³/mol. The highest BCUT2D eigenvalue weighted by atomic mass is 19.4. The van der Waals surface area contributed by atoms with E-state index in [-0.39, 0.29) is 28.8 Å². The average molecular weight is 345 g/mol. The summed E-state index contributed by atoms with van der Waals surface area (Å²) in [6.07, 6.45) is -3.14. The second-order valence-corrected chi connectivity index (χ2v) is 5.36. The van der Waals surface area contributed by atoms with Crippen molar-refractivity contribution in [1.29, 1.82) is 0 Å². The summed E-state index contributed by atoms with van der Waals surface area (Å²) in [5, 5.41) is 0.510. The number of nitrogens with zero attached hydrogens (tertiary/aromatic N) is 1. The standard InChI is InChI=1S/C19H14F3NO2/c1-2-25-18(24)13-9-7-12(8-10-13)17-16(19(20,21)22)15-6-4-3-5-14(15)11-23-17/h3-11H,2H2,1H3. The van der Waals surface area contributed by atoms with E-state index in [2.05, 4.69) is 4.98 Å². The number of aromatic nitrogens is 1. The van der Waals surface area contributed by atoms with Crippen molar-refractivity contribution in [2.75, 3.05) is 6.61 Å². The fourth-order valence-corrected chi connectivity index (χ4v) is 2.65. The molecular weight excluding hydrogens is 331 g/mol. The molecule has 3 rings (SSSR count). The largest absolute Gasteiger partial charge is 0.462 e. The topological polar surface area (TPSA) is 39.2 Å². The highest BCUT2D eigenvalue weighted by Crippen LogP contribution is 2.40. The van der Waals surface area contributed by atoms with Crippen LogP contribution >= 0.6 is 0 Å². The number of alkyl halides is 3. The van der Waals surface area contributed by atoms with Gasteiger partial charge < -0.3 is 4.74 Å². The van der Waals surface area contributed by atoms with Crippen LogP contribution < -0.4 is 0 Å². The van der Waals surface area contributed by atoms with E-state index in [1.54, 1.807) is 25.1 Å². The normalized spacial score (nSPS) is 11.5. The van der Waals surface area contributed by atoms with Gasteiger partial charge in [0, 0.05) is 17.1 Å². The molecule has 1 heterocycles. The Bertz CT molecular complexity index is 918. The zero-order valence-electron chi connectivity index (χ0n) is 13.3. The van der Waals surface area contributed by atoms with Gasteiger partial charge in [0.2, 0.25) is 0 Å². The molecule has 3 aromatic rings. The van der Waals surface area contributed by atoms with Crippen LogP contribution in [-0.2, 0) is 10.9 Å². The first kappa shape index (κ1) is 17.0. The molecule has 6 heteroatoms. The minimum absolute atomic E-state index is 0.0921. The predicted octanol–water partition coefficient (Wildman–Crippen LogP) is 5.10. The maximum atomic E-state index is 13.7. The maximum Gasteiger partial charge on any atom is 0.419 e. The second kappa shape index (κ2) is 6.55. The molecule has 2 aromatic carbocycles. The molecule has 128 valence electrons. The molecule has 0 saturated carbocycles. The number of carbonyl (C=O) groups is 1. The van der Waals surface area contributed by atoms with Crippen molar-refractivity contribution in [3.63, 3.8) is 0 Å². The Hall–Kier alpha value is -2.89. The van der Waals surface area contributed by atoms with Crippen LogP contribution in [0.15, 0.2) is 54.7 Å². The van der Waals surface area contributed by atoms with E-state index in [1.807, 2.05) is 0 Å². The first-order valence-electron chi connectivity index (χ1n) is 7.64. The number of hydrogen-bond donors (Lipinski definition) is 0. The first-order valence-corrected chi connectivity index (χ1v) is 7.64. The van der Waals surface area contributed by atoms with Crippen molar-refractivity contribution in [2.24, 2.45) is 0 Å². The zero-order valence-corrected chi connectivity index (χ0v) is 13.3. The molecule has 0 aliphatic heterocycles. The van der Waals surface area contributed by atoms with E-state index < -0.39 is 17.7 Å². The molecule has 0 atom stereocenters. The van der Waals surface area contributed by atoms with E-state index in [9.17, 15) is 18.0 Å². The smallest absolute Gasteiger partial charge is 0.419 e. The van der Waals surface area contributed by atoms with Crippen molar-refractivity contribution >= 4 is 16.7 Å². The lowest BCUT2D eigenvalue weighted by atomic mass is 9.99. The molecule has 0 bridgehead atoms. The lowest BCUT2D eigenvalue weighted by Gasteiger charge is -2.15. The Morgan fingerprint density at radius 2 is 1.76 bits per heavy atom. The SMILES string of the molecule is CCOC(=O)c1ccc(-c2ncc3ccccc3c2C(F)(F)F)cc1. The minimum atomic E-state index is -4.55. The number of ether oxygens (including phenoxy) is 1. The molecular formula is C19H14F3NO2. The number of halogens is 3. The molecule has 0 unspecified atom stereocenters. The number of benzene rings is 2. The number of fused-ring (bicyclic) bond motifs is 1. The fraction of sp³-hybridized carbons (Fsp3) is 0.158. The molecule has 0 spiro atoms. The maximum absolute atomic E-state index is 13.7. The summed E-state index contributed by atoms with van der Waals surface area (Å²) in [6.45, 7) is 1.91. The van der Waals surface area contributed by atoms with Gasteiger partial charge in [-0.2, -0.15) is 13.2 Å². The van der Waals surface area contributed by atoms with Gasteiger partial charge in [-0.3, -0.25) is 4.98 Å².